The molecule has 2 N–H and O–H groups in total. The molecule has 0 aliphatic rings. The number of ether oxygens (including phenoxy) is 5. The monoisotopic (exact) mass is 354 g/mol. The van der Waals surface area contributed by atoms with Gasteiger partial charge in [-0.3, -0.25) is 0 Å². The van der Waals surface area contributed by atoms with E-state index in [1.54, 1.807) is 6.92 Å². The van der Waals surface area contributed by atoms with E-state index in [4.69, 9.17) is 23.7 Å². The molecule has 0 radical (unpaired) electrons. The zero-order valence-electron chi connectivity index (χ0n) is 14.5. The molecule has 0 spiro atoms. The van der Waals surface area contributed by atoms with Crippen molar-refractivity contribution in [2.24, 2.45) is 0 Å². The van der Waals surface area contributed by atoms with Gasteiger partial charge in [0.2, 0.25) is 0 Å². The van der Waals surface area contributed by atoms with Crippen molar-refractivity contribution in [1.29, 1.82) is 0 Å². The van der Waals surface area contributed by atoms with Gasteiger partial charge < -0.3 is 34.3 Å². The van der Waals surface area contributed by atoms with Crippen LogP contribution in [0.5, 0.6) is 0 Å². The first kappa shape index (κ1) is 21.8. The average molecular weight is 354 g/mol. The molecule has 0 bridgehead atoms. The molecule has 10 heteroatoms. The topological polar surface area (TPSA) is 121 Å². The van der Waals surface area contributed by atoms with Crippen LogP contribution >= 0.6 is 0 Å². The summed E-state index contributed by atoms with van der Waals surface area (Å²) in [5.74, 6) is 0. The van der Waals surface area contributed by atoms with E-state index in [0.29, 0.717) is 6.54 Å². The van der Waals surface area contributed by atoms with E-state index in [1.165, 1.54) is 7.05 Å². The molecule has 144 valence electrons. The molecule has 10 nitrogen and oxygen atoms in total. The van der Waals surface area contributed by atoms with Crippen LogP contribution < -0.4 is 10.6 Å². The third-order valence-electron chi connectivity index (χ3n) is 2.34. The minimum Gasteiger partial charge on any atom is -0.445 e. The van der Waals surface area contributed by atoms with Gasteiger partial charge in [-0.25, -0.2) is 14.4 Å². The lowest BCUT2D eigenvalue weighted by Crippen LogP contribution is -2.35. The predicted molar refractivity (Wildman–Crippen MR) is 87.0 cm³/mol. The largest absolute Gasteiger partial charge is 0.508 e. The summed E-state index contributed by atoms with van der Waals surface area (Å²) >= 11 is 0. The molecule has 0 rings (SSSR count). The van der Waals surface area contributed by atoms with Crippen molar-refractivity contribution in [3.63, 3.8) is 0 Å². The molecule has 0 fully saturated rings. The van der Waals surface area contributed by atoms with Gasteiger partial charge in [0.25, 0.3) is 0 Å². The van der Waals surface area contributed by atoms with Crippen LogP contribution in [0.4, 0.5) is 14.4 Å². The van der Waals surface area contributed by atoms with Crippen LogP contribution in [-0.2, 0) is 23.7 Å². The summed E-state index contributed by atoms with van der Waals surface area (Å²) < 4.78 is 24.6. The summed E-state index contributed by atoms with van der Waals surface area (Å²) in [5.41, 5.74) is 0. The fraction of sp³-hybridized carbons (Fsp3) is 0.786. The number of rotatable bonds is 10. The summed E-state index contributed by atoms with van der Waals surface area (Å²) in [6.45, 7) is 5.46. The normalized spacial score (nSPS) is 11.4. The summed E-state index contributed by atoms with van der Waals surface area (Å²) in [7, 11) is 1.38. The van der Waals surface area contributed by atoms with E-state index in [2.05, 4.69) is 10.6 Å². The van der Waals surface area contributed by atoms with Gasteiger partial charge >= 0.3 is 18.3 Å². The van der Waals surface area contributed by atoms with E-state index >= 15 is 0 Å². The van der Waals surface area contributed by atoms with Gasteiger partial charge in [-0.05, 0) is 20.8 Å². The molecular weight excluding hydrogens is 324 g/mol. The van der Waals surface area contributed by atoms with Crippen LogP contribution in [0.2, 0.25) is 0 Å². The summed E-state index contributed by atoms with van der Waals surface area (Å²) in [4.78, 5) is 33.9. The van der Waals surface area contributed by atoms with Gasteiger partial charge in [0.15, 0.2) is 6.10 Å². The van der Waals surface area contributed by atoms with Crippen molar-refractivity contribution in [1.82, 2.24) is 10.6 Å². The number of amides is 2. The summed E-state index contributed by atoms with van der Waals surface area (Å²) in [6.07, 6.45) is -3.34. The number of hydrogen-bond acceptors (Lipinski definition) is 8. The Morgan fingerprint density at radius 3 is 2.17 bits per heavy atom. The molecule has 2 amide bonds. The van der Waals surface area contributed by atoms with Gasteiger partial charge in [0.05, 0.1) is 12.7 Å². The Hall–Kier alpha value is -2.23. The van der Waals surface area contributed by atoms with Crippen LogP contribution in [0.3, 0.4) is 0 Å². The van der Waals surface area contributed by atoms with Crippen molar-refractivity contribution >= 4 is 18.3 Å². The van der Waals surface area contributed by atoms with Gasteiger partial charge in [-0.2, -0.15) is 0 Å². The van der Waals surface area contributed by atoms with Gasteiger partial charge in [0, 0.05) is 16.4 Å². The van der Waals surface area contributed by atoms with Crippen LogP contribution in [0.25, 0.3) is 0 Å². The molecule has 1 unspecified atom stereocenters. The highest BCUT2D eigenvalue weighted by molar-refractivity contribution is 5.67. The molecule has 0 aliphatic carbocycles. The van der Waals surface area contributed by atoms with Crippen LogP contribution in [0.1, 0.15) is 23.6 Å². The minimum absolute atomic E-state index is 0. The number of alkyl carbamates (subject to hydrolysis) is 2. The van der Waals surface area contributed by atoms with Crippen LogP contribution in [0.15, 0.2) is 0 Å². The van der Waals surface area contributed by atoms with E-state index in [1.807, 2.05) is 13.8 Å². The smallest absolute Gasteiger partial charge is 0.445 e. The molecule has 0 aromatic heterocycles. The van der Waals surface area contributed by atoms with Gasteiger partial charge in [-0.1, -0.05) is 0 Å². The number of hydrogen-bond donors (Lipinski definition) is 2. The van der Waals surface area contributed by atoms with Crippen molar-refractivity contribution < 1.29 is 40.9 Å². The highest BCUT2D eigenvalue weighted by atomic mass is 16.7. The molecule has 1 atom stereocenters. The summed E-state index contributed by atoms with van der Waals surface area (Å²) in [5, 5.41) is 4.65. The maximum absolute atomic E-state index is 11.6. The zero-order chi connectivity index (χ0) is 18.4. The van der Waals surface area contributed by atoms with Crippen molar-refractivity contribution in [3.8, 4) is 0 Å². The van der Waals surface area contributed by atoms with Gasteiger partial charge in [0.1, 0.15) is 19.8 Å². The Morgan fingerprint density at radius 2 is 1.62 bits per heavy atom. The summed E-state index contributed by atoms with van der Waals surface area (Å²) in [6, 6.07) is 0. The number of carbonyl (C=O) groups is 3. The molecular formula is C14H30N2O8. The Bertz CT molecular complexity index is 399. The van der Waals surface area contributed by atoms with E-state index in [-0.39, 0.29) is 35.4 Å². The highest BCUT2D eigenvalue weighted by Gasteiger charge is 2.20. The fourth-order valence-electron chi connectivity index (χ4n) is 1.30. The molecule has 0 aromatic rings. The first-order valence-corrected chi connectivity index (χ1v) is 7.59. The Labute approximate surface area is 144 Å². The van der Waals surface area contributed by atoms with Crippen LogP contribution in [0, 0.1) is 0 Å². The molecule has 0 aromatic carbocycles. The second-order valence-electron chi connectivity index (χ2n) is 4.74. The van der Waals surface area contributed by atoms with Gasteiger partial charge in [-0.15, -0.1) is 0 Å². The lowest BCUT2D eigenvalue weighted by atomic mass is 10.4. The molecule has 24 heavy (non-hydrogen) atoms. The highest BCUT2D eigenvalue weighted by Crippen LogP contribution is 2.00. The van der Waals surface area contributed by atoms with E-state index < -0.39 is 24.4 Å². The minimum atomic E-state index is -0.997. The standard InChI is InChI=1S/C14H26N2O8.2H2/c1-5-16-13(18)23-9-11(8-22-12(17)15-4)24-14(19)21-7-6-20-10(2)3;;/h10-11H,5-9H2,1-4H3,(H,15,17)(H,16,18);2*1H. The molecule has 0 saturated carbocycles. The maximum Gasteiger partial charge on any atom is 0.508 e. The Kier molecular flexibility index (Phi) is 12.0. The molecule has 0 aliphatic heterocycles. The first-order valence-electron chi connectivity index (χ1n) is 7.59. The van der Waals surface area contributed by atoms with E-state index in [0.717, 1.165) is 0 Å². The van der Waals surface area contributed by atoms with E-state index in [9.17, 15) is 14.4 Å². The van der Waals surface area contributed by atoms with Crippen molar-refractivity contribution in [2.75, 3.05) is 40.0 Å². The SMILES string of the molecule is CCNC(=O)OCC(COC(=O)NC)OC(=O)OCCOC(C)C.[HH].[HH]. The molecule has 0 saturated heterocycles. The van der Waals surface area contributed by atoms with Crippen molar-refractivity contribution in [3.05, 3.63) is 0 Å². The quantitative estimate of drug-likeness (QED) is 0.344. The first-order chi connectivity index (χ1) is 11.4. The third kappa shape index (κ3) is 12.3. The van der Waals surface area contributed by atoms with Crippen LogP contribution in [-0.4, -0.2) is 70.6 Å². The fourth-order valence-corrected chi connectivity index (χ4v) is 1.30. The Morgan fingerprint density at radius 1 is 1.00 bits per heavy atom. The lowest BCUT2D eigenvalue weighted by molar-refractivity contribution is -0.0357. The predicted octanol–water partition coefficient (Wildman–Crippen LogP) is 1.53. The second kappa shape index (κ2) is 13.2. The zero-order valence-corrected chi connectivity index (χ0v) is 14.5. The second-order valence-corrected chi connectivity index (χ2v) is 4.74. The third-order valence-corrected chi connectivity index (χ3v) is 2.34. The number of carbonyl (C=O) groups excluding carboxylic acids is 3. The molecule has 0 heterocycles. The van der Waals surface area contributed by atoms with Crippen molar-refractivity contribution in [2.45, 2.75) is 33.0 Å². The lowest BCUT2D eigenvalue weighted by Gasteiger charge is -2.17. The Balaban J connectivity index is -0.00000264. The average Bonchev–Trinajstić information content (AvgIpc) is 2.53. The maximum atomic E-state index is 11.6. The number of nitrogens with one attached hydrogen (secondary N) is 2.